The molecule has 6 rings (SSSR count). The maximum atomic E-state index is 14.8. The number of nitrogens with zero attached hydrogens (tertiary/aromatic N) is 1. The number of nitrogens with one attached hydrogen (secondary N) is 1. The zero-order valence-corrected chi connectivity index (χ0v) is 24.7. The zero-order valence-electron chi connectivity index (χ0n) is 22.4. The third-order valence-corrected chi connectivity index (χ3v) is 12.1. The second kappa shape index (κ2) is 10.0. The van der Waals surface area contributed by atoms with Crippen LogP contribution in [0.15, 0.2) is 48.5 Å². The molecule has 7 nitrogen and oxygen atoms in total. The zero-order chi connectivity index (χ0) is 28.4. The molecule has 3 aliphatic carbocycles. The molecule has 2 aromatic carbocycles. The number of hydrogen-bond acceptors (Lipinski definition) is 4. The van der Waals surface area contributed by atoms with Gasteiger partial charge in [0.15, 0.2) is 0 Å². The SMILES string of the molecule is C[C@]1(C2(C(=O)O)CC2)CC(c2cccc(Cl)c2)C(c2ccc(Cl)cc2)N([C@H](CNS(=O)(=O)C2CC2)C2CC2)C1=O. The second-order valence-electron chi connectivity index (χ2n) is 12.3. The van der Waals surface area contributed by atoms with Crippen molar-refractivity contribution in [3.05, 3.63) is 69.7 Å². The van der Waals surface area contributed by atoms with E-state index >= 15 is 0 Å². The van der Waals surface area contributed by atoms with Crippen molar-refractivity contribution in [1.29, 1.82) is 0 Å². The molecule has 10 heteroatoms. The van der Waals surface area contributed by atoms with E-state index in [0.717, 1.165) is 24.0 Å². The van der Waals surface area contributed by atoms with Crippen LogP contribution in [0.4, 0.5) is 0 Å². The maximum Gasteiger partial charge on any atom is 0.310 e. The topological polar surface area (TPSA) is 104 Å². The molecular formula is C30H34Cl2N2O5S. The van der Waals surface area contributed by atoms with E-state index in [9.17, 15) is 23.1 Å². The largest absolute Gasteiger partial charge is 0.481 e. The van der Waals surface area contributed by atoms with Crippen LogP contribution in [-0.2, 0) is 19.6 Å². The van der Waals surface area contributed by atoms with Gasteiger partial charge in [0.25, 0.3) is 0 Å². The second-order valence-corrected chi connectivity index (χ2v) is 15.2. The Balaban J connectivity index is 1.50. The van der Waals surface area contributed by atoms with Crippen LogP contribution < -0.4 is 4.72 Å². The van der Waals surface area contributed by atoms with Gasteiger partial charge in [0.05, 0.1) is 22.1 Å². The maximum absolute atomic E-state index is 14.8. The van der Waals surface area contributed by atoms with Gasteiger partial charge < -0.3 is 10.0 Å². The molecular weight excluding hydrogens is 571 g/mol. The summed E-state index contributed by atoms with van der Waals surface area (Å²) in [4.78, 5) is 29.3. The lowest BCUT2D eigenvalue weighted by Gasteiger charge is -2.54. The molecule has 4 atom stereocenters. The van der Waals surface area contributed by atoms with Gasteiger partial charge in [0.1, 0.15) is 0 Å². The smallest absolute Gasteiger partial charge is 0.310 e. The molecule has 2 aromatic rings. The lowest BCUT2D eigenvalue weighted by molar-refractivity contribution is -0.170. The van der Waals surface area contributed by atoms with Gasteiger partial charge >= 0.3 is 5.97 Å². The number of aliphatic carboxylic acids is 1. The highest BCUT2D eigenvalue weighted by Crippen LogP contribution is 2.66. The van der Waals surface area contributed by atoms with Crippen molar-refractivity contribution in [2.24, 2.45) is 16.7 Å². The minimum Gasteiger partial charge on any atom is -0.481 e. The van der Waals surface area contributed by atoms with Gasteiger partial charge in [-0.25, -0.2) is 13.1 Å². The van der Waals surface area contributed by atoms with Crippen LogP contribution in [0.1, 0.15) is 75.0 Å². The number of carboxylic acid groups (broad SMARTS) is 1. The summed E-state index contributed by atoms with van der Waals surface area (Å²) < 4.78 is 28.6. The van der Waals surface area contributed by atoms with Gasteiger partial charge in [-0.15, -0.1) is 0 Å². The number of carbonyl (C=O) groups is 2. The average molecular weight is 606 g/mol. The number of benzene rings is 2. The Morgan fingerprint density at radius 2 is 1.73 bits per heavy atom. The van der Waals surface area contributed by atoms with Crippen LogP contribution in [0.3, 0.4) is 0 Å². The first-order valence-corrected chi connectivity index (χ1v) is 16.3. The molecule has 4 fully saturated rings. The predicted molar refractivity (Wildman–Crippen MR) is 154 cm³/mol. The Labute approximate surface area is 245 Å². The van der Waals surface area contributed by atoms with Crippen molar-refractivity contribution in [2.45, 2.75) is 75.1 Å². The molecule has 0 bridgehead atoms. The fourth-order valence-corrected chi connectivity index (χ4v) is 8.61. The molecule has 0 radical (unpaired) electrons. The molecule has 1 saturated heterocycles. The first kappa shape index (κ1) is 28.0. The van der Waals surface area contributed by atoms with Crippen LogP contribution in [0.2, 0.25) is 10.0 Å². The average Bonchev–Trinajstić information content (AvgIpc) is 3.77. The van der Waals surface area contributed by atoms with Crippen molar-refractivity contribution >= 4 is 45.1 Å². The van der Waals surface area contributed by atoms with E-state index in [1.54, 1.807) is 25.1 Å². The Morgan fingerprint density at radius 1 is 1.05 bits per heavy atom. The van der Waals surface area contributed by atoms with Crippen molar-refractivity contribution in [3.8, 4) is 0 Å². The van der Waals surface area contributed by atoms with Crippen LogP contribution in [0, 0.1) is 16.7 Å². The fourth-order valence-electron chi connectivity index (χ4n) is 6.89. The molecule has 2 N–H and O–H groups in total. The summed E-state index contributed by atoms with van der Waals surface area (Å²) in [6.07, 6.45) is 4.28. The monoisotopic (exact) mass is 604 g/mol. The van der Waals surface area contributed by atoms with Crippen LogP contribution in [0.5, 0.6) is 0 Å². The Hall–Kier alpha value is -2.13. The Morgan fingerprint density at radius 3 is 2.27 bits per heavy atom. The van der Waals surface area contributed by atoms with Crippen LogP contribution >= 0.6 is 23.2 Å². The summed E-state index contributed by atoms with van der Waals surface area (Å²) in [6.45, 7) is 1.91. The molecule has 4 aliphatic rings. The van der Waals surface area contributed by atoms with Gasteiger partial charge in [-0.05, 0) is 93.2 Å². The summed E-state index contributed by atoms with van der Waals surface area (Å²) >= 11 is 12.7. The van der Waals surface area contributed by atoms with Crippen molar-refractivity contribution in [2.75, 3.05) is 6.54 Å². The quantitative estimate of drug-likeness (QED) is 0.357. The number of likely N-dealkylation sites (tertiary alicyclic amines) is 1. The molecule has 0 aromatic heterocycles. The Bertz CT molecular complexity index is 1440. The van der Waals surface area contributed by atoms with Gasteiger partial charge in [-0.2, -0.15) is 0 Å². The third-order valence-electron chi connectivity index (χ3n) is 9.70. The molecule has 1 amide bonds. The van der Waals surface area contributed by atoms with E-state index in [2.05, 4.69) is 4.72 Å². The number of piperidine rings is 1. The molecule has 1 heterocycles. The number of amides is 1. The van der Waals surface area contributed by atoms with Crippen LogP contribution in [0.25, 0.3) is 0 Å². The molecule has 2 unspecified atom stereocenters. The number of hydrogen-bond donors (Lipinski definition) is 2. The van der Waals surface area contributed by atoms with Gasteiger partial charge in [-0.1, -0.05) is 47.5 Å². The van der Waals surface area contributed by atoms with E-state index in [1.165, 1.54) is 0 Å². The summed E-state index contributed by atoms with van der Waals surface area (Å²) in [5.41, 5.74) is -0.519. The number of sulfonamides is 1. The van der Waals surface area contributed by atoms with Crippen LogP contribution in [-0.4, -0.2) is 48.1 Å². The Kier molecular flexibility index (Phi) is 7.00. The van der Waals surface area contributed by atoms with E-state index < -0.39 is 38.9 Å². The van der Waals surface area contributed by atoms with E-state index in [4.69, 9.17) is 23.2 Å². The predicted octanol–water partition coefficient (Wildman–Crippen LogP) is 5.78. The van der Waals surface area contributed by atoms with Gasteiger partial charge in [0.2, 0.25) is 15.9 Å². The van der Waals surface area contributed by atoms with Crippen molar-refractivity contribution < 1.29 is 23.1 Å². The lowest BCUT2D eigenvalue weighted by atomic mass is 9.61. The molecule has 0 spiro atoms. The fraction of sp³-hybridized carbons (Fsp3) is 0.533. The minimum absolute atomic E-state index is 0.109. The summed E-state index contributed by atoms with van der Waals surface area (Å²) in [5, 5.41) is 11.1. The minimum atomic E-state index is -3.48. The first-order chi connectivity index (χ1) is 19.0. The summed E-state index contributed by atoms with van der Waals surface area (Å²) in [6, 6.07) is 14.1. The summed E-state index contributed by atoms with van der Waals surface area (Å²) in [5.74, 6) is -1.30. The highest BCUT2D eigenvalue weighted by atomic mass is 35.5. The highest BCUT2D eigenvalue weighted by Gasteiger charge is 2.70. The number of carbonyl (C=O) groups excluding carboxylic acids is 1. The van der Waals surface area contributed by atoms with Crippen molar-refractivity contribution in [1.82, 2.24) is 9.62 Å². The van der Waals surface area contributed by atoms with E-state index in [1.807, 2.05) is 35.2 Å². The normalized spacial score (nSPS) is 28.8. The number of rotatable bonds is 10. The van der Waals surface area contributed by atoms with Crippen molar-refractivity contribution in [3.63, 3.8) is 0 Å². The lowest BCUT2D eigenvalue weighted by Crippen LogP contribution is -2.61. The molecule has 3 saturated carbocycles. The van der Waals surface area contributed by atoms with E-state index in [0.29, 0.717) is 42.1 Å². The molecule has 40 heavy (non-hydrogen) atoms. The van der Waals surface area contributed by atoms with Gasteiger partial charge in [0, 0.05) is 28.5 Å². The first-order valence-electron chi connectivity index (χ1n) is 14.0. The summed E-state index contributed by atoms with van der Waals surface area (Å²) in [7, 11) is -3.48. The third kappa shape index (κ3) is 4.85. The number of carboxylic acids is 1. The van der Waals surface area contributed by atoms with Gasteiger partial charge in [-0.3, -0.25) is 9.59 Å². The molecule has 214 valence electrons. The number of halogens is 2. The van der Waals surface area contributed by atoms with E-state index in [-0.39, 0.29) is 29.5 Å². The standard InChI is InChI=1S/C30H34Cl2N2O5S/c1-29(30(13-14-30)28(36)37)16-24(20-3-2-4-22(32)15-20)26(19-7-9-21(31)10-8-19)34(27(29)35)25(18-5-6-18)17-33-40(38,39)23-11-12-23/h2-4,7-10,15,18,23-26,33H,5-6,11-14,16-17H2,1H3,(H,36,37)/t24?,25-,26?,29+/m1/s1. The molecule has 1 aliphatic heterocycles. The highest BCUT2D eigenvalue weighted by molar-refractivity contribution is 7.90.